The summed E-state index contributed by atoms with van der Waals surface area (Å²) in [6.07, 6.45) is 3.60. The molecule has 0 aliphatic carbocycles. The third kappa shape index (κ3) is 3.21. The van der Waals surface area contributed by atoms with Crippen LogP contribution in [-0.2, 0) is 13.6 Å². The van der Waals surface area contributed by atoms with Gasteiger partial charge < -0.3 is 9.67 Å². The van der Waals surface area contributed by atoms with E-state index in [2.05, 4.69) is 15.9 Å². The van der Waals surface area contributed by atoms with Gasteiger partial charge >= 0.3 is 5.56 Å². The van der Waals surface area contributed by atoms with Crippen LogP contribution in [0, 0.1) is 5.82 Å². The predicted molar refractivity (Wildman–Crippen MR) is 121 cm³/mol. The molecule has 0 spiro atoms. The molecule has 5 nitrogen and oxygen atoms in total. The molecule has 2 aromatic carbocycles. The highest BCUT2D eigenvalue weighted by Crippen LogP contribution is 2.27. The van der Waals surface area contributed by atoms with Gasteiger partial charge in [-0.2, -0.15) is 8.97 Å². The van der Waals surface area contributed by atoms with Crippen LogP contribution in [0.5, 0.6) is 5.88 Å². The fourth-order valence-corrected chi connectivity index (χ4v) is 4.47. The normalized spacial score (nSPS) is 11.5. The van der Waals surface area contributed by atoms with Gasteiger partial charge in [0.1, 0.15) is 12.4 Å². The lowest BCUT2D eigenvalue weighted by Crippen LogP contribution is -2.41. The van der Waals surface area contributed by atoms with E-state index in [1.54, 1.807) is 41.1 Å². The van der Waals surface area contributed by atoms with Gasteiger partial charge in [0.15, 0.2) is 5.56 Å². The molecule has 31 heavy (non-hydrogen) atoms. The van der Waals surface area contributed by atoms with E-state index in [9.17, 15) is 14.3 Å². The maximum atomic E-state index is 13.7. The molecule has 0 fully saturated rings. The average Bonchev–Trinajstić information content (AvgIpc) is 3.06. The highest BCUT2D eigenvalue weighted by atomic mass is 79.9. The SMILES string of the molecule is Cn1cc(C[n+]2c(O)c(-c3cccc(Br)c3)c(=O)n3ccccc32)c2ccc(F)cc21. The summed E-state index contributed by atoms with van der Waals surface area (Å²) in [4.78, 5) is 13.2. The first-order chi connectivity index (χ1) is 14.9. The summed E-state index contributed by atoms with van der Waals surface area (Å²) < 4.78 is 19.6. The summed E-state index contributed by atoms with van der Waals surface area (Å²) in [6, 6.07) is 17.3. The van der Waals surface area contributed by atoms with Gasteiger partial charge in [0.25, 0.3) is 11.5 Å². The largest absolute Gasteiger partial charge is 0.477 e. The Hall–Kier alpha value is -3.45. The Morgan fingerprint density at radius 3 is 2.74 bits per heavy atom. The van der Waals surface area contributed by atoms with Gasteiger partial charge in [0.05, 0.1) is 11.7 Å². The smallest absolute Gasteiger partial charge is 0.354 e. The standard InChI is InChI=1S/C24H17BrFN3O2/c1-27-13-16(19-9-8-18(26)12-20(19)27)14-29-21-7-2-3-10-28(21)23(30)22(24(29)31)15-5-4-6-17(25)11-15/h2-13H,14H2,1H3/p+1. The summed E-state index contributed by atoms with van der Waals surface area (Å²) in [6.45, 7) is 0.309. The van der Waals surface area contributed by atoms with Crippen LogP contribution in [0.3, 0.4) is 0 Å². The number of halogens is 2. The molecule has 5 rings (SSSR count). The number of aromatic hydroxyl groups is 1. The number of fused-ring (bicyclic) bond motifs is 2. The van der Waals surface area contributed by atoms with E-state index in [-0.39, 0.29) is 22.8 Å². The van der Waals surface area contributed by atoms with Crippen LogP contribution >= 0.6 is 15.9 Å². The average molecular weight is 479 g/mol. The number of hydrogen-bond acceptors (Lipinski definition) is 2. The highest BCUT2D eigenvalue weighted by Gasteiger charge is 2.26. The Bertz CT molecular complexity index is 1540. The molecular weight excluding hydrogens is 461 g/mol. The first-order valence-corrected chi connectivity index (χ1v) is 10.5. The van der Waals surface area contributed by atoms with Crippen LogP contribution in [0.2, 0.25) is 0 Å². The van der Waals surface area contributed by atoms with Crippen molar-refractivity contribution in [1.82, 2.24) is 8.97 Å². The molecular formula is C24H18BrFN3O2+. The second kappa shape index (κ2) is 7.35. The van der Waals surface area contributed by atoms with Gasteiger partial charge in [-0.05, 0) is 42.0 Å². The zero-order valence-electron chi connectivity index (χ0n) is 16.6. The van der Waals surface area contributed by atoms with E-state index in [0.717, 1.165) is 20.9 Å². The van der Waals surface area contributed by atoms with Crippen LogP contribution in [-0.4, -0.2) is 14.1 Å². The second-order valence-electron chi connectivity index (χ2n) is 7.46. The first kappa shape index (κ1) is 19.5. The topological polar surface area (TPSA) is 50.5 Å². The third-order valence-corrected chi connectivity index (χ3v) is 6.00. The highest BCUT2D eigenvalue weighted by molar-refractivity contribution is 9.10. The Labute approximate surface area is 185 Å². The summed E-state index contributed by atoms with van der Waals surface area (Å²) in [5.74, 6) is -0.419. The number of aryl methyl sites for hydroxylation is 1. The summed E-state index contributed by atoms with van der Waals surface area (Å²) in [5.41, 5.74) is 2.76. The molecule has 154 valence electrons. The van der Waals surface area contributed by atoms with E-state index in [4.69, 9.17) is 0 Å². The maximum absolute atomic E-state index is 13.7. The molecule has 0 saturated heterocycles. The lowest BCUT2D eigenvalue weighted by atomic mass is 10.1. The number of pyridine rings is 1. The fourth-order valence-electron chi connectivity index (χ4n) is 4.08. The van der Waals surface area contributed by atoms with E-state index in [0.29, 0.717) is 17.8 Å². The molecule has 0 aliphatic heterocycles. The van der Waals surface area contributed by atoms with E-state index in [1.165, 1.54) is 16.5 Å². The molecule has 0 bridgehead atoms. The van der Waals surface area contributed by atoms with Crippen molar-refractivity contribution in [3.63, 3.8) is 0 Å². The van der Waals surface area contributed by atoms with E-state index < -0.39 is 0 Å². The van der Waals surface area contributed by atoms with Crippen LogP contribution in [0.25, 0.3) is 27.7 Å². The Kier molecular flexibility index (Phi) is 4.63. The quantitative estimate of drug-likeness (QED) is 0.390. The van der Waals surface area contributed by atoms with Crippen molar-refractivity contribution in [1.29, 1.82) is 0 Å². The van der Waals surface area contributed by atoms with Crippen LogP contribution in [0.15, 0.2) is 82.3 Å². The summed E-state index contributed by atoms with van der Waals surface area (Å²) in [7, 11) is 1.86. The first-order valence-electron chi connectivity index (χ1n) is 9.69. The molecule has 0 atom stereocenters. The third-order valence-electron chi connectivity index (χ3n) is 5.50. The van der Waals surface area contributed by atoms with Crippen molar-refractivity contribution >= 4 is 32.5 Å². The number of benzene rings is 2. The summed E-state index contributed by atoms with van der Waals surface area (Å²) in [5, 5.41) is 12.2. The van der Waals surface area contributed by atoms with Crippen molar-refractivity contribution in [3.8, 4) is 17.0 Å². The lowest BCUT2D eigenvalue weighted by Gasteiger charge is -2.10. The summed E-state index contributed by atoms with van der Waals surface area (Å²) >= 11 is 3.44. The van der Waals surface area contributed by atoms with Gasteiger partial charge in [-0.3, -0.25) is 0 Å². The molecule has 0 unspecified atom stereocenters. The molecule has 7 heteroatoms. The predicted octanol–water partition coefficient (Wildman–Crippen LogP) is 4.40. The molecule has 0 radical (unpaired) electrons. The number of rotatable bonds is 3. The Morgan fingerprint density at radius 2 is 1.94 bits per heavy atom. The van der Waals surface area contributed by atoms with Crippen molar-refractivity contribution in [2.24, 2.45) is 7.05 Å². The lowest BCUT2D eigenvalue weighted by molar-refractivity contribution is -0.671. The minimum absolute atomic E-state index is 0.117. The van der Waals surface area contributed by atoms with Crippen molar-refractivity contribution in [3.05, 3.63) is 99.3 Å². The van der Waals surface area contributed by atoms with Crippen LogP contribution in [0.4, 0.5) is 4.39 Å². The van der Waals surface area contributed by atoms with E-state index >= 15 is 0 Å². The number of nitrogens with zero attached hydrogens (tertiary/aromatic N) is 3. The minimum atomic E-state index is -0.303. The molecule has 1 N–H and O–H groups in total. The minimum Gasteiger partial charge on any atom is -0.477 e. The zero-order valence-corrected chi connectivity index (χ0v) is 18.2. The van der Waals surface area contributed by atoms with Crippen molar-refractivity contribution < 1.29 is 14.1 Å². The molecule has 0 amide bonds. The maximum Gasteiger partial charge on any atom is 0.354 e. The molecule has 3 aromatic heterocycles. The molecule has 3 heterocycles. The fraction of sp³-hybridized carbons (Fsp3) is 0.0833. The van der Waals surface area contributed by atoms with Crippen molar-refractivity contribution in [2.45, 2.75) is 6.54 Å². The van der Waals surface area contributed by atoms with Crippen LogP contribution in [0.1, 0.15) is 5.56 Å². The molecule has 5 aromatic rings. The van der Waals surface area contributed by atoms with Gasteiger partial charge in [-0.25, -0.2) is 9.18 Å². The number of aromatic nitrogens is 3. The van der Waals surface area contributed by atoms with Gasteiger partial charge in [-0.1, -0.05) is 34.1 Å². The van der Waals surface area contributed by atoms with Crippen molar-refractivity contribution in [2.75, 3.05) is 0 Å². The second-order valence-corrected chi connectivity index (χ2v) is 8.37. The van der Waals surface area contributed by atoms with Gasteiger partial charge in [0.2, 0.25) is 0 Å². The molecule has 0 saturated carbocycles. The zero-order chi connectivity index (χ0) is 21.7. The van der Waals surface area contributed by atoms with E-state index in [1.807, 2.05) is 36.0 Å². The van der Waals surface area contributed by atoms with Gasteiger partial charge in [-0.15, -0.1) is 0 Å². The van der Waals surface area contributed by atoms with Gasteiger partial charge in [0, 0.05) is 34.7 Å². The monoisotopic (exact) mass is 478 g/mol. The Balaban J connectivity index is 1.79. The Morgan fingerprint density at radius 1 is 1.10 bits per heavy atom. The van der Waals surface area contributed by atoms with Crippen LogP contribution < -0.4 is 10.1 Å². The molecule has 0 aliphatic rings. The number of hydrogen-bond donors (Lipinski definition) is 1.